The lowest BCUT2D eigenvalue weighted by molar-refractivity contribution is -0.161. The summed E-state index contributed by atoms with van der Waals surface area (Å²) in [5.41, 5.74) is 0. The molecule has 0 aliphatic carbocycles. The second-order valence-electron chi connectivity index (χ2n) is 20.8. The van der Waals surface area contributed by atoms with Gasteiger partial charge in [0.1, 0.15) is 12.7 Å². The molecule has 0 aliphatic heterocycles. The van der Waals surface area contributed by atoms with Crippen molar-refractivity contribution in [3.05, 3.63) is 85.1 Å². The minimum atomic E-state index is -4.77. The number of carbonyl (C=O) groups is 3. The van der Waals surface area contributed by atoms with Crippen molar-refractivity contribution in [2.75, 3.05) is 26.4 Å². The number of phosphoric ester groups is 1. The number of rotatable bonds is 58. The van der Waals surface area contributed by atoms with Crippen LogP contribution in [0.15, 0.2) is 85.1 Å². The molecule has 0 aliphatic rings. The minimum absolute atomic E-state index is 0.122. The summed E-state index contributed by atoms with van der Waals surface area (Å²) in [7, 11) is -4.77. The summed E-state index contributed by atoms with van der Waals surface area (Å²) in [6.45, 7) is 4.47. The van der Waals surface area contributed by atoms with Gasteiger partial charge in [0.2, 0.25) is 0 Å². The van der Waals surface area contributed by atoms with E-state index in [0.29, 0.717) is 19.3 Å². The highest BCUT2D eigenvalue weighted by molar-refractivity contribution is 7.47. The lowest BCUT2D eigenvalue weighted by atomic mass is 10.1. The first-order valence-corrected chi connectivity index (χ1v) is 33.0. The number of aliphatic hydroxyl groups excluding tert-OH is 1. The molecule has 12 heteroatoms. The Labute approximate surface area is 477 Å². The summed E-state index contributed by atoms with van der Waals surface area (Å²) in [5, 5.41) is 9.83. The normalized spacial score (nSPS) is 13.9. The molecular weight excluding hydrogens is 1000 g/mol. The maximum absolute atomic E-state index is 12.9. The molecule has 0 saturated heterocycles. The van der Waals surface area contributed by atoms with Gasteiger partial charge in [-0.2, -0.15) is 0 Å². The number of hydrogen-bond donors (Lipinski definition) is 2. The number of esters is 3. The number of hydrogen-bond acceptors (Lipinski definition) is 10. The first-order valence-electron chi connectivity index (χ1n) is 31.5. The van der Waals surface area contributed by atoms with Crippen LogP contribution in [-0.4, -0.2) is 66.5 Å². The van der Waals surface area contributed by atoms with Crippen LogP contribution < -0.4 is 0 Å². The molecule has 2 N–H and O–H groups in total. The van der Waals surface area contributed by atoms with Crippen molar-refractivity contribution >= 4 is 25.7 Å². The summed E-state index contributed by atoms with van der Waals surface area (Å²) in [6, 6.07) is 0. The third-order valence-corrected chi connectivity index (χ3v) is 14.2. The SMILES string of the molecule is CC/C=C\C/C=C\C/C=C\C/C=C\CCCCC(=O)OC(CO)COP(=O)(O)OCC(COC(=O)CCCCCCCCCCC/C=C\C/C=C\CCCCC)OC(=O)CCCCCCCCC/C=C\CCCCCCCC. The molecule has 0 rings (SSSR count). The van der Waals surface area contributed by atoms with Gasteiger partial charge in [-0.25, -0.2) is 4.57 Å². The van der Waals surface area contributed by atoms with Crippen LogP contribution in [0.2, 0.25) is 0 Å². The Morgan fingerprint density at radius 1 is 0.372 bits per heavy atom. The molecule has 0 bridgehead atoms. The predicted molar refractivity (Wildman–Crippen MR) is 325 cm³/mol. The fraction of sp³-hybridized carbons (Fsp3) is 0.742. The van der Waals surface area contributed by atoms with Gasteiger partial charge < -0.3 is 24.2 Å². The highest BCUT2D eigenvalue weighted by Crippen LogP contribution is 2.43. The highest BCUT2D eigenvalue weighted by Gasteiger charge is 2.28. The van der Waals surface area contributed by atoms with E-state index < -0.39 is 57.8 Å². The first-order chi connectivity index (χ1) is 38.2. The molecule has 0 fully saturated rings. The van der Waals surface area contributed by atoms with Crippen molar-refractivity contribution in [1.82, 2.24) is 0 Å². The maximum Gasteiger partial charge on any atom is 0.472 e. The standard InChI is InChI=1S/C66H115O11P/c1-4-7-10-13-16-19-22-25-28-30-31-33-35-37-40-43-46-49-52-55-64(68)73-59-63(77-66(70)57-54-51-48-45-42-39-36-32-29-26-23-20-17-14-11-8-5-2)61-75-78(71,72)74-60-62(58-67)76-65(69)56-53-50-47-44-41-38-34-27-24-21-18-15-12-9-6-3/h9,12,16,18-19,21,25-29,34,41,44,62-63,67H,4-8,10-11,13-15,17,20,22-24,30-33,35-40,42-43,45-61H2,1-3H3,(H,71,72)/b12-9-,19-16-,21-18-,28-25-,29-26-,34-27-,44-41-. The number of ether oxygens (including phenoxy) is 3. The molecule has 0 saturated carbocycles. The summed E-state index contributed by atoms with van der Waals surface area (Å²) >= 11 is 0. The molecule has 3 unspecified atom stereocenters. The zero-order chi connectivity index (χ0) is 56.9. The van der Waals surface area contributed by atoms with E-state index in [4.69, 9.17) is 23.3 Å². The van der Waals surface area contributed by atoms with E-state index in [1.165, 1.54) is 116 Å². The van der Waals surface area contributed by atoms with Crippen molar-refractivity contribution in [3.63, 3.8) is 0 Å². The third-order valence-electron chi connectivity index (χ3n) is 13.3. The summed E-state index contributed by atoms with van der Waals surface area (Å²) in [4.78, 5) is 48.7. The molecule has 0 amide bonds. The smallest absolute Gasteiger partial charge is 0.462 e. The van der Waals surface area contributed by atoms with Crippen LogP contribution in [0.5, 0.6) is 0 Å². The number of carbonyl (C=O) groups excluding carboxylic acids is 3. The van der Waals surface area contributed by atoms with Crippen molar-refractivity contribution in [2.24, 2.45) is 0 Å². The van der Waals surface area contributed by atoms with Gasteiger partial charge in [-0.3, -0.25) is 23.4 Å². The van der Waals surface area contributed by atoms with E-state index in [2.05, 4.69) is 106 Å². The Hall–Kier alpha value is -3.34. The van der Waals surface area contributed by atoms with E-state index in [1.807, 2.05) is 0 Å². The molecule has 3 atom stereocenters. The van der Waals surface area contributed by atoms with Gasteiger partial charge in [-0.15, -0.1) is 0 Å². The van der Waals surface area contributed by atoms with Crippen LogP contribution in [0.25, 0.3) is 0 Å². The van der Waals surface area contributed by atoms with E-state index in [-0.39, 0.29) is 25.9 Å². The molecule has 0 aromatic heterocycles. The Morgan fingerprint density at radius 3 is 1.09 bits per heavy atom. The maximum atomic E-state index is 12.9. The van der Waals surface area contributed by atoms with Crippen LogP contribution in [0, 0.1) is 0 Å². The molecule has 0 heterocycles. The summed E-state index contributed by atoms with van der Waals surface area (Å²) in [5.74, 6) is -1.51. The fourth-order valence-corrected chi connectivity index (χ4v) is 9.27. The zero-order valence-electron chi connectivity index (χ0n) is 49.9. The first kappa shape index (κ1) is 74.7. The quantitative estimate of drug-likeness (QED) is 0.0197. The lowest BCUT2D eigenvalue weighted by Crippen LogP contribution is -2.30. The fourth-order valence-electron chi connectivity index (χ4n) is 8.49. The van der Waals surface area contributed by atoms with E-state index in [0.717, 1.165) is 103 Å². The topological polar surface area (TPSA) is 155 Å². The Balaban J connectivity index is 4.75. The summed E-state index contributed by atoms with van der Waals surface area (Å²) in [6.07, 6.45) is 69.6. The van der Waals surface area contributed by atoms with Crippen molar-refractivity contribution in [2.45, 2.75) is 290 Å². The van der Waals surface area contributed by atoms with Crippen molar-refractivity contribution < 1.29 is 52.2 Å². The van der Waals surface area contributed by atoms with Crippen molar-refractivity contribution in [1.29, 1.82) is 0 Å². The van der Waals surface area contributed by atoms with Gasteiger partial charge in [-0.1, -0.05) is 228 Å². The van der Waals surface area contributed by atoms with Crippen LogP contribution >= 0.6 is 7.82 Å². The van der Waals surface area contributed by atoms with Crippen LogP contribution in [0.1, 0.15) is 278 Å². The van der Waals surface area contributed by atoms with E-state index >= 15 is 0 Å². The molecule has 0 aromatic rings. The van der Waals surface area contributed by atoms with Gasteiger partial charge in [0.15, 0.2) is 6.10 Å². The lowest BCUT2D eigenvalue weighted by Gasteiger charge is -2.21. The molecule has 0 spiro atoms. The number of allylic oxidation sites excluding steroid dienone is 14. The van der Waals surface area contributed by atoms with Crippen LogP contribution in [0.3, 0.4) is 0 Å². The molecule has 11 nitrogen and oxygen atoms in total. The molecule has 0 radical (unpaired) electrons. The molecule has 450 valence electrons. The van der Waals surface area contributed by atoms with E-state index in [9.17, 15) is 28.9 Å². The van der Waals surface area contributed by atoms with Gasteiger partial charge in [-0.05, 0) is 116 Å². The third kappa shape index (κ3) is 57.3. The Morgan fingerprint density at radius 2 is 0.667 bits per heavy atom. The Bertz CT molecular complexity index is 1630. The van der Waals surface area contributed by atoms with Gasteiger partial charge >= 0.3 is 25.7 Å². The largest absolute Gasteiger partial charge is 0.472 e. The summed E-state index contributed by atoms with van der Waals surface area (Å²) < 4.78 is 39.6. The van der Waals surface area contributed by atoms with Gasteiger partial charge in [0, 0.05) is 19.3 Å². The van der Waals surface area contributed by atoms with Crippen molar-refractivity contribution in [3.8, 4) is 0 Å². The minimum Gasteiger partial charge on any atom is -0.462 e. The average molecular weight is 1120 g/mol. The molecule has 78 heavy (non-hydrogen) atoms. The number of unbranched alkanes of at least 4 members (excludes halogenated alkanes) is 27. The number of aliphatic hydroxyl groups is 1. The second-order valence-corrected chi connectivity index (χ2v) is 22.3. The zero-order valence-corrected chi connectivity index (χ0v) is 50.8. The monoisotopic (exact) mass is 1110 g/mol. The second kappa shape index (κ2) is 59.8. The average Bonchev–Trinajstić information content (AvgIpc) is 3.43. The molecular formula is C66H115O11P. The van der Waals surface area contributed by atoms with Gasteiger partial charge in [0.05, 0.1) is 19.8 Å². The predicted octanol–water partition coefficient (Wildman–Crippen LogP) is 19.0. The highest BCUT2D eigenvalue weighted by atomic mass is 31.2. The van der Waals surface area contributed by atoms with Gasteiger partial charge in [0.25, 0.3) is 0 Å². The Kier molecular flexibility index (Phi) is 57.2. The van der Waals surface area contributed by atoms with E-state index in [1.54, 1.807) is 0 Å². The molecule has 0 aromatic carbocycles. The number of phosphoric acid groups is 1. The van der Waals surface area contributed by atoms with Crippen LogP contribution in [0.4, 0.5) is 0 Å². The van der Waals surface area contributed by atoms with Crippen LogP contribution in [-0.2, 0) is 42.2 Å².